The zero-order valence-corrected chi connectivity index (χ0v) is 20.2. The normalized spacial score (nSPS) is 18.7. The van der Waals surface area contributed by atoms with Gasteiger partial charge >= 0.3 is 0 Å². The average Bonchev–Trinajstić information content (AvgIpc) is 2.79. The summed E-state index contributed by atoms with van der Waals surface area (Å²) in [6.45, 7) is 4.47. The molecule has 2 fully saturated rings. The highest BCUT2D eigenvalue weighted by molar-refractivity contribution is 7.89. The van der Waals surface area contributed by atoms with Crippen LogP contribution in [0.15, 0.2) is 36.4 Å². The number of aliphatic hydroxyl groups is 1. The third kappa shape index (κ3) is 5.94. The molecule has 2 aromatic rings. The second-order valence-electron chi connectivity index (χ2n) is 9.30. The molecule has 4 rings (SSSR count). The number of nitrogens with zero attached hydrogens (tertiary/aromatic N) is 2. The molecule has 34 heavy (non-hydrogen) atoms. The number of benzene rings is 2. The van der Waals surface area contributed by atoms with Crippen LogP contribution in [0.2, 0.25) is 0 Å². The fourth-order valence-electron chi connectivity index (χ4n) is 4.62. The number of ether oxygens (including phenoxy) is 1. The molecule has 0 aromatic heterocycles. The van der Waals surface area contributed by atoms with Crippen LogP contribution in [0.25, 0.3) is 0 Å². The number of hydrogen-bond donors (Lipinski definition) is 1. The number of aliphatic hydroxyl groups excluding tert-OH is 1. The largest absolute Gasteiger partial charge is 0.482 e. The van der Waals surface area contributed by atoms with E-state index in [0.29, 0.717) is 44.6 Å². The summed E-state index contributed by atoms with van der Waals surface area (Å²) in [5.41, 5.74) is 2.93. The fourth-order valence-corrected chi connectivity index (χ4v) is 6.13. The Labute approximate surface area is 200 Å². The van der Waals surface area contributed by atoms with Crippen LogP contribution >= 0.6 is 0 Å². The van der Waals surface area contributed by atoms with Crippen LogP contribution in [-0.4, -0.2) is 67.4 Å². The third-order valence-electron chi connectivity index (χ3n) is 6.63. The molecule has 1 N–H and O–H groups in total. The minimum absolute atomic E-state index is 0.0902. The molecule has 6 nitrogen and oxygen atoms in total. The van der Waals surface area contributed by atoms with E-state index in [9.17, 15) is 17.2 Å². The molecule has 0 amide bonds. The number of sulfonamides is 1. The Bertz CT molecular complexity index is 1060. The number of piperidine rings is 1. The number of rotatable bonds is 9. The lowest BCUT2D eigenvalue weighted by atomic mass is 9.90. The number of aryl methyl sites for hydroxylation is 1. The quantitative estimate of drug-likeness (QED) is 0.579. The molecule has 2 aliphatic rings. The maximum absolute atomic E-state index is 14.8. The van der Waals surface area contributed by atoms with E-state index in [2.05, 4.69) is 29.2 Å². The van der Waals surface area contributed by atoms with E-state index in [0.717, 1.165) is 6.54 Å². The monoisotopic (exact) mass is 494 g/mol. The molecular formula is C25H32F2N2O4S. The van der Waals surface area contributed by atoms with E-state index >= 15 is 0 Å². The van der Waals surface area contributed by atoms with Gasteiger partial charge in [0.2, 0.25) is 10.0 Å². The van der Waals surface area contributed by atoms with Crippen molar-refractivity contribution in [3.05, 3.63) is 64.7 Å². The van der Waals surface area contributed by atoms with Crippen molar-refractivity contribution in [3.63, 3.8) is 0 Å². The Balaban J connectivity index is 1.30. The van der Waals surface area contributed by atoms with Crippen LogP contribution < -0.4 is 4.74 Å². The zero-order valence-electron chi connectivity index (χ0n) is 19.4. The standard InChI is InChI=1S/C25H32F2N2O4S/c1-18-3-5-19(6-4-18)15-28-16-22(17-28)33-25-23(26)13-21(14-24(25)27)20-7-9-29(10-8-20)34(31,32)12-2-11-30/h3-6,13-14,20,22,30H,2,7-12,15-17H2,1H3. The molecule has 186 valence electrons. The van der Waals surface area contributed by atoms with Gasteiger partial charge in [-0.1, -0.05) is 29.8 Å². The molecule has 0 aliphatic carbocycles. The van der Waals surface area contributed by atoms with Crippen molar-refractivity contribution in [1.82, 2.24) is 9.21 Å². The Morgan fingerprint density at radius 3 is 2.26 bits per heavy atom. The lowest BCUT2D eigenvalue weighted by molar-refractivity contribution is 0.00987. The van der Waals surface area contributed by atoms with Crippen molar-refractivity contribution < 1.29 is 27.0 Å². The van der Waals surface area contributed by atoms with Crippen LogP contribution in [0.3, 0.4) is 0 Å². The molecule has 0 radical (unpaired) electrons. The molecule has 2 saturated heterocycles. The molecule has 0 bridgehead atoms. The highest BCUT2D eigenvalue weighted by Gasteiger charge is 2.32. The summed E-state index contributed by atoms with van der Waals surface area (Å²) < 4.78 is 61.2. The van der Waals surface area contributed by atoms with Crippen LogP contribution in [0.1, 0.15) is 41.9 Å². The van der Waals surface area contributed by atoms with E-state index in [1.807, 2.05) is 6.92 Å². The first-order chi connectivity index (χ1) is 16.2. The maximum atomic E-state index is 14.8. The van der Waals surface area contributed by atoms with Crippen molar-refractivity contribution in [3.8, 4) is 5.75 Å². The molecule has 9 heteroatoms. The summed E-state index contributed by atoms with van der Waals surface area (Å²) in [5, 5.41) is 8.88. The van der Waals surface area contributed by atoms with Gasteiger partial charge < -0.3 is 9.84 Å². The molecule has 0 unspecified atom stereocenters. The van der Waals surface area contributed by atoms with E-state index in [4.69, 9.17) is 9.84 Å². The molecule has 0 saturated carbocycles. The van der Waals surface area contributed by atoms with Gasteiger partial charge in [-0.3, -0.25) is 4.90 Å². The van der Waals surface area contributed by atoms with Crippen molar-refractivity contribution in [2.24, 2.45) is 0 Å². The Morgan fingerprint density at radius 1 is 1.06 bits per heavy atom. The SMILES string of the molecule is Cc1ccc(CN2CC(Oc3c(F)cc(C4CCN(S(=O)(=O)CCCO)CC4)cc3F)C2)cc1. The summed E-state index contributed by atoms with van der Waals surface area (Å²) in [5.74, 6) is -1.98. The Hall–Kier alpha value is -2.07. The molecular weight excluding hydrogens is 462 g/mol. The van der Waals surface area contributed by atoms with Crippen LogP contribution in [0.4, 0.5) is 8.78 Å². The Morgan fingerprint density at radius 2 is 1.68 bits per heavy atom. The topological polar surface area (TPSA) is 70.1 Å². The lowest BCUT2D eigenvalue weighted by Crippen LogP contribution is -2.53. The number of hydrogen-bond acceptors (Lipinski definition) is 5. The van der Waals surface area contributed by atoms with Crippen molar-refractivity contribution >= 4 is 10.0 Å². The molecule has 0 atom stereocenters. The van der Waals surface area contributed by atoms with E-state index in [1.165, 1.54) is 27.6 Å². The first-order valence-corrected chi connectivity index (χ1v) is 13.4. The number of halogens is 2. The Kier molecular flexibility index (Phi) is 7.87. The summed E-state index contributed by atoms with van der Waals surface area (Å²) in [6, 6.07) is 10.9. The second kappa shape index (κ2) is 10.7. The van der Waals surface area contributed by atoms with Gasteiger partial charge in [0.1, 0.15) is 6.10 Å². The highest BCUT2D eigenvalue weighted by Crippen LogP contribution is 2.34. The minimum atomic E-state index is -3.41. The van der Waals surface area contributed by atoms with Crippen molar-refractivity contribution in [1.29, 1.82) is 0 Å². The van der Waals surface area contributed by atoms with Gasteiger partial charge in [-0.15, -0.1) is 0 Å². The van der Waals surface area contributed by atoms with Gasteiger partial charge in [-0.05, 0) is 55.4 Å². The highest BCUT2D eigenvalue weighted by atomic mass is 32.2. The van der Waals surface area contributed by atoms with Crippen LogP contribution in [-0.2, 0) is 16.6 Å². The van der Waals surface area contributed by atoms with Gasteiger partial charge in [-0.2, -0.15) is 0 Å². The summed E-state index contributed by atoms with van der Waals surface area (Å²) in [4.78, 5) is 2.17. The summed E-state index contributed by atoms with van der Waals surface area (Å²) in [7, 11) is -3.41. The van der Waals surface area contributed by atoms with Crippen LogP contribution in [0.5, 0.6) is 5.75 Å². The first-order valence-electron chi connectivity index (χ1n) is 11.8. The van der Waals surface area contributed by atoms with Gasteiger partial charge in [0.05, 0.1) is 5.75 Å². The van der Waals surface area contributed by atoms with Gasteiger partial charge in [0.25, 0.3) is 0 Å². The van der Waals surface area contributed by atoms with Gasteiger partial charge in [-0.25, -0.2) is 21.5 Å². The third-order valence-corrected chi connectivity index (χ3v) is 8.59. The van der Waals surface area contributed by atoms with Gasteiger partial charge in [0, 0.05) is 39.3 Å². The van der Waals surface area contributed by atoms with Crippen molar-refractivity contribution in [2.45, 2.75) is 44.8 Å². The molecule has 2 heterocycles. The minimum Gasteiger partial charge on any atom is -0.482 e. The lowest BCUT2D eigenvalue weighted by Gasteiger charge is -2.39. The second-order valence-corrected chi connectivity index (χ2v) is 11.4. The predicted molar refractivity (Wildman–Crippen MR) is 126 cm³/mol. The summed E-state index contributed by atoms with van der Waals surface area (Å²) in [6.07, 6.45) is 0.931. The smallest absolute Gasteiger partial charge is 0.214 e. The zero-order chi connectivity index (χ0) is 24.3. The van der Waals surface area contributed by atoms with E-state index in [1.54, 1.807) is 0 Å². The molecule has 2 aliphatic heterocycles. The van der Waals surface area contributed by atoms with E-state index in [-0.39, 0.29) is 36.6 Å². The fraction of sp³-hybridized carbons (Fsp3) is 0.520. The predicted octanol–water partition coefficient (Wildman–Crippen LogP) is 3.43. The van der Waals surface area contributed by atoms with Crippen molar-refractivity contribution in [2.75, 3.05) is 38.5 Å². The van der Waals surface area contributed by atoms with Crippen LogP contribution in [0, 0.1) is 18.6 Å². The average molecular weight is 495 g/mol. The molecule has 2 aromatic carbocycles. The first kappa shape index (κ1) is 25.0. The molecule has 0 spiro atoms. The van der Waals surface area contributed by atoms with Gasteiger partial charge in [0.15, 0.2) is 17.4 Å². The number of likely N-dealkylation sites (tertiary alicyclic amines) is 1. The maximum Gasteiger partial charge on any atom is 0.214 e. The van der Waals surface area contributed by atoms with E-state index < -0.39 is 21.7 Å². The summed E-state index contributed by atoms with van der Waals surface area (Å²) >= 11 is 0.